The summed E-state index contributed by atoms with van der Waals surface area (Å²) in [4.78, 5) is 8.95. The zero-order chi connectivity index (χ0) is 18.1. The maximum Gasteiger partial charge on any atom is 0.200 e. The molecule has 1 aromatic carbocycles. The van der Waals surface area contributed by atoms with Gasteiger partial charge in [-0.15, -0.1) is 0 Å². The fraction of sp³-hybridized carbons (Fsp3) is 0.333. The molecule has 6 nitrogen and oxygen atoms in total. The van der Waals surface area contributed by atoms with E-state index in [4.69, 9.17) is 9.47 Å². The van der Waals surface area contributed by atoms with Gasteiger partial charge in [0.05, 0.1) is 47.5 Å². The average Bonchev–Trinajstić information content (AvgIpc) is 2.94. The van der Waals surface area contributed by atoms with Crippen molar-refractivity contribution < 1.29 is 13.7 Å². The number of hydrogen-bond acceptors (Lipinski definition) is 5. The van der Waals surface area contributed by atoms with Gasteiger partial charge in [0.1, 0.15) is 11.5 Å². The first-order chi connectivity index (χ1) is 12.0. The van der Waals surface area contributed by atoms with Crippen LogP contribution in [0, 0.1) is 13.8 Å². The van der Waals surface area contributed by atoms with Gasteiger partial charge in [-0.05, 0) is 26.0 Å². The lowest BCUT2D eigenvalue weighted by Gasteiger charge is -2.12. The largest absolute Gasteiger partial charge is 0.497 e. The highest BCUT2D eigenvalue weighted by atomic mass is 32.2. The van der Waals surface area contributed by atoms with Crippen molar-refractivity contribution in [3.05, 3.63) is 41.2 Å². The van der Waals surface area contributed by atoms with Crippen LogP contribution in [0.2, 0.25) is 0 Å². The molecule has 0 amide bonds. The molecule has 0 bridgehead atoms. The molecule has 0 saturated carbocycles. The Kier molecular flexibility index (Phi) is 4.76. The maximum absolute atomic E-state index is 12.9. The third-order valence-corrected chi connectivity index (χ3v) is 5.58. The Bertz CT molecular complexity index is 966. The van der Waals surface area contributed by atoms with Gasteiger partial charge in [0, 0.05) is 30.4 Å². The van der Waals surface area contributed by atoms with Gasteiger partial charge in [-0.3, -0.25) is 9.19 Å². The third kappa shape index (κ3) is 3.11. The second-order valence-electron chi connectivity index (χ2n) is 5.84. The van der Waals surface area contributed by atoms with Crippen molar-refractivity contribution in [2.75, 3.05) is 14.2 Å². The van der Waals surface area contributed by atoms with Gasteiger partial charge in [-0.2, -0.15) is 0 Å². The van der Waals surface area contributed by atoms with Crippen molar-refractivity contribution in [3.63, 3.8) is 0 Å². The fourth-order valence-electron chi connectivity index (χ4n) is 2.88. The van der Waals surface area contributed by atoms with E-state index in [2.05, 4.69) is 9.97 Å². The van der Waals surface area contributed by atoms with E-state index in [1.54, 1.807) is 20.4 Å². The molecule has 0 saturated heterocycles. The number of methoxy groups -OCH3 is 2. The number of hydrogen-bond donors (Lipinski definition) is 0. The van der Waals surface area contributed by atoms with E-state index in [1.165, 1.54) is 0 Å². The van der Waals surface area contributed by atoms with Crippen LogP contribution in [0.15, 0.2) is 29.6 Å². The van der Waals surface area contributed by atoms with Crippen molar-refractivity contribution in [1.82, 2.24) is 14.5 Å². The highest BCUT2D eigenvalue weighted by Gasteiger charge is 2.18. The third-order valence-electron chi connectivity index (χ3n) is 4.27. The fourth-order valence-corrected chi connectivity index (χ4v) is 4.16. The Labute approximate surface area is 149 Å². The number of pyridine rings is 1. The van der Waals surface area contributed by atoms with E-state index in [9.17, 15) is 4.21 Å². The second kappa shape index (κ2) is 6.84. The van der Waals surface area contributed by atoms with Crippen LogP contribution in [0.25, 0.3) is 11.0 Å². The molecule has 1 atom stereocenters. The molecule has 0 fully saturated rings. The van der Waals surface area contributed by atoms with E-state index >= 15 is 0 Å². The zero-order valence-corrected chi connectivity index (χ0v) is 15.8. The van der Waals surface area contributed by atoms with Crippen LogP contribution in [0.1, 0.15) is 16.8 Å². The van der Waals surface area contributed by atoms with Crippen LogP contribution in [0.4, 0.5) is 0 Å². The molecule has 7 heteroatoms. The first kappa shape index (κ1) is 17.4. The summed E-state index contributed by atoms with van der Waals surface area (Å²) in [6, 6.07) is 5.60. The summed E-state index contributed by atoms with van der Waals surface area (Å²) in [6.45, 7) is 3.88. The predicted molar refractivity (Wildman–Crippen MR) is 97.6 cm³/mol. The highest BCUT2D eigenvalue weighted by Crippen LogP contribution is 2.27. The van der Waals surface area contributed by atoms with Crippen molar-refractivity contribution in [2.24, 2.45) is 7.05 Å². The Morgan fingerprint density at radius 3 is 2.64 bits per heavy atom. The van der Waals surface area contributed by atoms with Crippen molar-refractivity contribution in [1.29, 1.82) is 0 Å². The number of benzene rings is 1. The average molecular weight is 359 g/mol. The van der Waals surface area contributed by atoms with Gasteiger partial charge in [0.25, 0.3) is 0 Å². The summed E-state index contributed by atoms with van der Waals surface area (Å²) >= 11 is 0. The Balaban J connectivity index is 1.97. The maximum atomic E-state index is 12.9. The van der Waals surface area contributed by atoms with Gasteiger partial charge in [-0.25, -0.2) is 4.98 Å². The van der Waals surface area contributed by atoms with Crippen molar-refractivity contribution in [2.45, 2.75) is 24.8 Å². The van der Waals surface area contributed by atoms with Crippen LogP contribution in [-0.4, -0.2) is 33.0 Å². The minimum absolute atomic E-state index is 0.288. The van der Waals surface area contributed by atoms with Gasteiger partial charge >= 0.3 is 0 Å². The lowest BCUT2D eigenvalue weighted by Crippen LogP contribution is -2.07. The summed E-state index contributed by atoms with van der Waals surface area (Å²) in [5.74, 6) is 1.82. The first-order valence-electron chi connectivity index (χ1n) is 7.84. The number of aryl methyl sites for hydroxylation is 2. The predicted octanol–water partition coefficient (Wildman–Crippen LogP) is 2.91. The molecule has 25 heavy (non-hydrogen) atoms. The summed E-state index contributed by atoms with van der Waals surface area (Å²) in [5.41, 5.74) is 4.30. The number of fused-ring (bicyclic) bond motifs is 1. The second-order valence-corrected chi connectivity index (χ2v) is 7.19. The molecular weight excluding hydrogens is 338 g/mol. The molecule has 0 aliphatic carbocycles. The van der Waals surface area contributed by atoms with Crippen LogP contribution in [-0.2, 0) is 23.6 Å². The molecule has 132 valence electrons. The summed E-state index contributed by atoms with van der Waals surface area (Å²) in [5, 5.41) is 0.518. The van der Waals surface area contributed by atoms with Crippen LogP contribution in [0.5, 0.6) is 11.5 Å². The number of imidazole rings is 1. The lowest BCUT2D eigenvalue weighted by atomic mass is 10.1. The van der Waals surface area contributed by atoms with Crippen molar-refractivity contribution in [3.8, 4) is 11.5 Å². The Morgan fingerprint density at radius 2 is 1.96 bits per heavy atom. The molecule has 0 aliphatic rings. The number of ether oxygens (including phenoxy) is 2. The van der Waals surface area contributed by atoms with Crippen LogP contribution >= 0.6 is 0 Å². The molecule has 3 rings (SSSR count). The number of aromatic nitrogens is 3. The summed E-state index contributed by atoms with van der Waals surface area (Å²) in [7, 11) is 3.79. The Hall–Kier alpha value is -2.41. The van der Waals surface area contributed by atoms with E-state index in [-0.39, 0.29) is 5.75 Å². The standard InChI is InChI=1S/C18H21N3O3S/c1-11-9-19-15(12(2)17(11)24-5)10-25(22)18-20-14-7-6-13(23-4)8-16(14)21(18)3/h6-9H,10H2,1-5H3. The van der Waals surface area contributed by atoms with E-state index in [1.807, 2.05) is 43.7 Å². The van der Waals surface area contributed by atoms with Gasteiger partial charge in [0.2, 0.25) is 0 Å². The molecule has 0 N–H and O–H groups in total. The molecule has 2 aromatic heterocycles. The molecule has 1 unspecified atom stereocenters. The van der Waals surface area contributed by atoms with Crippen LogP contribution < -0.4 is 9.47 Å². The molecule has 2 heterocycles. The van der Waals surface area contributed by atoms with Crippen molar-refractivity contribution >= 4 is 21.8 Å². The molecule has 0 spiro atoms. The quantitative estimate of drug-likeness (QED) is 0.701. The minimum atomic E-state index is -1.32. The highest BCUT2D eigenvalue weighted by molar-refractivity contribution is 7.84. The van der Waals surface area contributed by atoms with Gasteiger partial charge in [0.15, 0.2) is 5.16 Å². The number of nitrogens with zero attached hydrogens (tertiary/aromatic N) is 3. The minimum Gasteiger partial charge on any atom is -0.497 e. The summed E-state index contributed by atoms with van der Waals surface area (Å²) < 4.78 is 25.4. The monoisotopic (exact) mass is 359 g/mol. The topological polar surface area (TPSA) is 66.2 Å². The smallest absolute Gasteiger partial charge is 0.200 e. The van der Waals surface area contributed by atoms with Gasteiger partial charge < -0.3 is 14.0 Å². The lowest BCUT2D eigenvalue weighted by molar-refractivity contribution is 0.407. The van der Waals surface area contributed by atoms with Gasteiger partial charge in [-0.1, -0.05) is 0 Å². The van der Waals surface area contributed by atoms with E-state index in [0.717, 1.165) is 39.4 Å². The van der Waals surface area contributed by atoms with Crippen LogP contribution in [0.3, 0.4) is 0 Å². The molecule has 0 aliphatic heterocycles. The molecule has 3 aromatic rings. The van der Waals surface area contributed by atoms with E-state index < -0.39 is 10.8 Å². The normalized spacial score (nSPS) is 12.4. The molecular formula is C18H21N3O3S. The first-order valence-corrected chi connectivity index (χ1v) is 9.16. The SMILES string of the molecule is COc1ccc2nc(S(=O)Cc3ncc(C)c(OC)c3C)n(C)c2c1. The Morgan fingerprint density at radius 1 is 1.20 bits per heavy atom. The molecule has 0 radical (unpaired) electrons. The van der Waals surface area contributed by atoms with E-state index in [0.29, 0.717) is 5.16 Å². The summed E-state index contributed by atoms with van der Waals surface area (Å²) in [6.07, 6.45) is 1.75. The number of rotatable bonds is 5. The zero-order valence-electron chi connectivity index (χ0n) is 15.0.